The minimum Gasteiger partial charge on any atom is -0.395 e. The van der Waals surface area contributed by atoms with Crippen LogP contribution in [-0.2, 0) is 14.3 Å². The molecule has 0 aliphatic heterocycles. The van der Waals surface area contributed by atoms with Crippen molar-refractivity contribution in [2.24, 2.45) is 5.92 Å². The third-order valence-corrected chi connectivity index (χ3v) is 1.56. The topological polar surface area (TPSA) is 75.6 Å². The fraction of sp³-hybridized carbons (Fsp3) is 0.778. The summed E-state index contributed by atoms with van der Waals surface area (Å²) in [5.74, 6) is -0.425. The molecule has 0 rings (SSSR count). The summed E-state index contributed by atoms with van der Waals surface area (Å²) in [4.78, 5) is 21.9. The Hall–Kier alpha value is -0.940. The predicted molar refractivity (Wildman–Crippen MR) is 50.8 cm³/mol. The molecule has 82 valence electrons. The van der Waals surface area contributed by atoms with Crippen molar-refractivity contribution in [1.29, 1.82) is 0 Å². The SMILES string of the molecule is CC(C)C(=O)COCC(=O)NCCO. The van der Waals surface area contributed by atoms with Gasteiger partial charge in [0, 0.05) is 12.5 Å². The fourth-order valence-corrected chi connectivity index (χ4v) is 0.657. The summed E-state index contributed by atoms with van der Waals surface area (Å²) in [5, 5.41) is 10.8. The molecule has 0 saturated carbocycles. The van der Waals surface area contributed by atoms with Crippen LogP contribution in [0.4, 0.5) is 0 Å². The van der Waals surface area contributed by atoms with Crippen LogP contribution in [-0.4, -0.2) is 43.2 Å². The minimum atomic E-state index is -0.324. The van der Waals surface area contributed by atoms with E-state index in [4.69, 9.17) is 9.84 Å². The molecule has 0 unspecified atom stereocenters. The highest BCUT2D eigenvalue weighted by molar-refractivity contribution is 5.82. The van der Waals surface area contributed by atoms with Gasteiger partial charge in [0.1, 0.15) is 13.2 Å². The van der Waals surface area contributed by atoms with Crippen LogP contribution in [0.5, 0.6) is 0 Å². The van der Waals surface area contributed by atoms with Gasteiger partial charge in [-0.1, -0.05) is 13.8 Å². The minimum absolute atomic E-state index is 0.0278. The highest BCUT2D eigenvalue weighted by Gasteiger charge is 2.08. The van der Waals surface area contributed by atoms with Gasteiger partial charge in [-0.25, -0.2) is 0 Å². The van der Waals surface area contributed by atoms with Crippen molar-refractivity contribution in [3.05, 3.63) is 0 Å². The smallest absolute Gasteiger partial charge is 0.246 e. The first-order valence-electron chi connectivity index (χ1n) is 4.56. The summed E-state index contributed by atoms with van der Waals surface area (Å²) in [6, 6.07) is 0. The summed E-state index contributed by atoms with van der Waals surface area (Å²) in [5.41, 5.74) is 0. The molecule has 0 atom stereocenters. The quantitative estimate of drug-likeness (QED) is 0.575. The number of rotatable bonds is 7. The van der Waals surface area contributed by atoms with Gasteiger partial charge in [0.15, 0.2) is 5.78 Å². The summed E-state index contributed by atoms with van der Waals surface area (Å²) >= 11 is 0. The Balaban J connectivity index is 3.44. The van der Waals surface area contributed by atoms with Crippen LogP contribution < -0.4 is 5.32 Å². The van der Waals surface area contributed by atoms with Crippen molar-refractivity contribution < 1.29 is 19.4 Å². The zero-order chi connectivity index (χ0) is 11.0. The number of carbonyl (C=O) groups is 2. The molecular formula is C9H17NO4. The Kier molecular flexibility index (Phi) is 6.96. The van der Waals surface area contributed by atoms with Crippen LogP contribution >= 0.6 is 0 Å². The average Bonchev–Trinajstić information content (AvgIpc) is 2.14. The Morgan fingerprint density at radius 3 is 2.50 bits per heavy atom. The van der Waals surface area contributed by atoms with Crippen LogP contribution in [0, 0.1) is 5.92 Å². The molecule has 0 heterocycles. The van der Waals surface area contributed by atoms with E-state index in [1.807, 2.05) is 0 Å². The second kappa shape index (κ2) is 7.46. The van der Waals surface area contributed by atoms with Gasteiger partial charge >= 0.3 is 0 Å². The lowest BCUT2D eigenvalue weighted by molar-refractivity contribution is -0.131. The number of ether oxygens (including phenoxy) is 1. The van der Waals surface area contributed by atoms with E-state index in [0.29, 0.717) is 0 Å². The molecule has 0 aromatic rings. The molecule has 0 saturated heterocycles. The third kappa shape index (κ3) is 6.56. The number of hydrogen-bond donors (Lipinski definition) is 2. The molecule has 2 N–H and O–H groups in total. The van der Waals surface area contributed by atoms with Crippen LogP contribution in [0.1, 0.15) is 13.8 Å². The third-order valence-electron chi connectivity index (χ3n) is 1.56. The standard InChI is InChI=1S/C9H17NO4/c1-7(2)8(12)5-14-6-9(13)10-3-4-11/h7,11H,3-6H2,1-2H3,(H,10,13). The van der Waals surface area contributed by atoms with E-state index in [1.165, 1.54) is 0 Å². The number of ketones is 1. The number of nitrogens with one attached hydrogen (secondary N) is 1. The molecule has 0 aliphatic rings. The Bertz CT molecular complexity index is 191. The number of carbonyl (C=O) groups excluding carboxylic acids is 2. The molecule has 0 radical (unpaired) electrons. The molecule has 0 aromatic heterocycles. The van der Waals surface area contributed by atoms with E-state index in [2.05, 4.69) is 5.32 Å². The fourth-order valence-electron chi connectivity index (χ4n) is 0.657. The normalized spacial score (nSPS) is 10.3. The van der Waals surface area contributed by atoms with E-state index in [0.717, 1.165) is 0 Å². The lowest BCUT2D eigenvalue weighted by Gasteiger charge is -2.05. The average molecular weight is 203 g/mol. The van der Waals surface area contributed by atoms with Crippen molar-refractivity contribution in [3.63, 3.8) is 0 Å². The highest BCUT2D eigenvalue weighted by atomic mass is 16.5. The molecule has 1 amide bonds. The predicted octanol–water partition coefficient (Wildman–Crippen LogP) is -0.663. The zero-order valence-corrected chi connectivity index (χ0v) is 8.58. The van der Waals surface area contributed by atoms with Crippen LogP contribution in [0.3, 0.4) is 0 Å². The Morgan fingerprint density at radius 1 is 1.36 bits per heavy atom. The number of aliphatic hydroxyl groups excluding tert-OH is 1. The monoisotopic (exact) mass is 203 g/mol. The maximum absolute atomic E-state index is 11.0. The Labute approximate surface area is 83.4 Å². The first-order chi connectivity index (χ1) is 6.57. The first kappa shape index (κ1) is 13.1. The number of Topliss-reactive ketones (excluding diaryl/α,β-unsaturated/α-hetero) is 1. The maximum Gasteiger partial charge on any atom is 0.246 e. The molecule has 0 spiro atoms. The van der Waals surface area contributed by atoms with Crippen LogP contribution in [0.2, 0.25) is 0 Å². The van der Waals surface area contributed by atoms with Crippen LogP contribution in [0.15, 0.2) is 0 Å². The van der Waals surface area contributed by atoms with Crippen LogP contribution in [0.25, 0.3) is 0 Å². The van der Waals surface area contributed by atoms with E-state index in [-0.39, 0.29) is 44.0 Å². The summed E-state index contributed by atoms with van der Waals surface area (Å²) in [7, 11) is 0. The molecule has 0 fully saturated rings. The molecule has 0 aliphatic carbocycles. The first-order valence-corrected chi connectivity index (χ1v) is 4.56. The van der Waals surface area contributed by atoms with Gasteiger partial charge in [0.05, 0.1) is 6.61 Å². The van der Waals surface area contributed by atoms with Crippen molar-refractivity contribution in [2.45, 2.75) is 13.8 Å². The Morgan fingerprint density at radius 2 is 2.00 bits per heavy atom. The summed E-state index contributed by atoms with van der Waals surface area (Å²) in [6.07, 6.45) is 0. The van der Waals surface area contributed by atoms with E-state index in [1.54, 1.807) is 13.8 Å². The van der Waals surface area contributed by atoms with Gasteiger partial charge in [-0.3, -0.25) is 9.59 Å². The molecule has 5 heteroatoms. The van der Waals surface area contributed by atoms with Gasteiger partial charge in [-0.05, 0) is 0 Å². The molecular weight excluding hydrogens is 186 g/mol. The van der Waals surface area contributed by atoms with E-state index < -0.39 is 0 Å². The second-order valence-electron chi connectivity index (χ2n) is 3.19. The molecule has 14 heavy (non-hydrogen) atoms. The molecule has 5 nitrogen and oxygen atoms in total. The number of hydrogen-bond acceptors (Lipinski definition) is 4. The van der Waals surface area contributed by atoms with Gasteiger partial charge in [0.2, 0.25) is 5.91 Å². The summed E-state index contributed by atoms with van der Waals surface area (Å²) < 4.78 is 4.87. The van der Waals surface area contributed by atoms with Crippen molar-refractivity contribution in [1.82, 2.24) is 5.32 Å². The highest BCUT2D eigenvalue weighted by Crippen LogP contribution is 1.93. The lowest BCUT2D eigenvalue weighted by Crippen LogP contribution is -2.31. The second-order valence-corrected chi connectivity index (χ2v) is 3.19. The zero-order valence-electron chi connectivity index (χ0n) is 8.58. The van der Waals surface area contributed by atoms with Gasteiger partial charge in [-0.15, -0.1) is 0 Å². The number of amides is 1. The lowest BCUT2D eigenvalue weighted by atomic mass is 10.1. The number of aliphatic hydroxyl groups is 1. The van der Waals surface area contributed by atoms with E-state index >= 15 is 0 Å². The van der Waals surface area contributed by atoms with Crippen molar-refractivity contribution in [3.8, 4) is 0 Å². The van der Waals surface area contributed by atoms with Gasteiger partial charge in [0.25, 0.3) is 0 Å². The molecule has 0 aromatic carbocycles. The van der Waals surface area contributed by atoms with E-state index in [9.17, 15) is 9.59 Å². The summed E-state index contributed by atoms with van der Waals surface area (Å²) in [6.45, 7) is 3.48. The van der Waals surface area contributed by atoms with Crippen molar-refractivity contribution >= 4 is 11.7 Å². The van der Waals surface area contributed by atoms with Crippen molar-refractivity contribution in [2.75, 3.05) is 26.4 Å². The largest absolute Gasteiger partial charge is 0.395 e. The van der Waals surface area contributed by atoms with Gasteiger partial charge in [-0.2, -0.15) is 0 Å². The maximum atomic E-state index is 11.0. The van der Waals surface area contributed by atoms with Gasteiger partial charge < -0.3 is 15.2 Å². The molecule has 0 bridgehead atoms.